The Hall–Kier alpha value is -3.88. The number of aromatic nitrogens is 4. The van der Waals surface area contributed by atoms with E-state index in [1.807, 2.05) is 53.4 Å². The summed E-state index contributed by atoms with van der Waals surface area (Å²) < 4.78 is 8.36. The zero-order valence-corrected chi connectivity index (χ0v) is 20.2. The number of carbonyl (C=O) groups is 1. The molecule has 0 radical (unpaired) electrons. The molecule has 0 unspecified atom stereocenters. The van der Waals surface area contributed by atoms with Crippen LogP contribution in [0.1, 0.15) is 25.6 Å². The average molecular weight is 475 g/mol. The number of amides is 1. The number of hydrogen-bond acceptors (Lipinski definition) is 6. The first-order valence-electron chi connectivity index (χ1n) is 12.1. The fraction of sp³-hybridized carbons (Fsp3) is 0.385. The molecule has 0 saturated carbocycles. The van der Waals surface area contributed by atoms with E-state index in [1.54, 1.807) is 7.11 Å². The first-order chi connectivity index (χ1) is 17.1. The molecule has 2 aromatic heterocycles. The molecule has 1 saturated heterocycles. The summed E-state index contributed by atoms with van der Waals surface area (Å²) in [7, 11) is 1.67. The van der Waals surface area contributed by atoms with E-state index >= 15 is 0 Å². The molecule has 1 aliphatic heterocycles. The Morgan fingerprint density at radius 3 is 2.54 bits per heavy atom. The number of unbranched alkanes of at least 4 members (excludes halogenated alkanes) is 1. The number of fused-ring (bicyclic) bond motifs is 3. The predicted octanol–water partition coefficient (Wildman–Crippen LogP) is 2.74. The van der Waals surface area contributed by atoms with Crippen LogP contribution in [0.2, 0.25) is 0 Å². The number of ether oxygens (including phenoxy) is 1. The SMILES string of the molecule is CCCCc1nc2c3ccccc3n(CC(=O)N3CCN(c4ccccc4OC)CC3)c(=O)n2n1. The van der Waals surface area contributed by atoms with Gasteiger partial charge in [0.05, 0.1) is 18.3 Å². The van der Waals surface area contributed by atoms with Gasteiger partial charge in [-0.05, 0) is 30.7 Å². The highest BCUT2D eigenvalue weighted by Gasteiger charge is 2.24. The van der Waals surface area contributed by atoms with Crippen LogP contribution in [0.5, 0.6) is 5.75 Å². The molecule has 0 N–H and O–H groups in total. The third kappa shape index (κ3) is 4.34. The number of methoxy groups -OCH3 is 1. The van der Waals surface area contributed by atoms with Crippen LogP contribution < -0.4 is 15.3 Å². The molecule has 0 aliphatic carbocycles. The number of hydrogen-bond donors (Lipinski definition) is 0. The molecule has 9 nitrogen and oxygen atoms in total. The predicted molar refractivity (Wildman–Crippen MR) is 135 cm³/mol. The van der Waals surface area contributed by atoms with Gasteiger partial charge in [-0.25, -0.2) is 9.78 Å². The van der Waals surface area contributed by atoms with Crippen LogP contribution in [-0.4, -0.2) is 63.3 Å². The summed E-state index contributed by atoms with van der Waals surface area (Å²) in [5, 5.41) is 5.28. The van der Waals surface area contributed by atoms with Crippen LogP contribution in [-0.2, 0) is 17.8 Å². The molecule has 4 aromatic rings. The van der Waals surface area contributed by atoms with E-state index in [0.29, 0.717) is 43.2 Å². The van der Waals surface area contributed by atoms with Gasteiger partial charge in [0.15, 0.2) is 11.5 Å². The quantitative estimate of drug-likeness (QED) is 0.410. The summed E-state index contributed by atoms with van der Waals surface area (Å²) in [6.45, 7) is 4.63. The van der Waals surface area contributed by atoms with Crippen molar-refractivity contribution in [1.82, 2.24) is 24.1 Å². The Kier molecular flexibility index (Phi) is 6.39. The van der Waals surface area contributed by atoms with E-state index in [9.17, 15) is 9.59 Å². The van der Waals surface area contributed by atoms with Crippen LogP contribution in [0.15, 0.2) is 53.3 Å². The third-order valence-corrected chi connectivity index (χ3v) is 6.60. The lowest BCUT2D eigenvalue weighted by Gasteiger charge is -2.36. The van der Waals surface area contributed by atoms with E-state index in [4.69, 9.17) is 4.74 Å². The van der Waals surface area contributed by atoms with Crippen molar-refractivity contribution < 1.29 is 9.53 Å². The van der Waals surface area contributed by atoms with Crippen LogP contribution >= 0.6 is 0 Å². The topological polar surface area (TPSA) is 85.0 Å². The van der Waals surface area contributed by atoms with Crippen LogP contribution in [0.4, 0.5) is 5.69 Å². The van der Waals surface area contributed by atoms with Crippen molar-refractivity contribution in [3.8, 4) is 5.75 Å². The van der Waals surface area contributed by atoms with Gasteiger partial charge < -0.3 is 14.5 Å². The summed E-state index contributed by atoms with van der Waals surface area (Å²) in [5.74, 6) is 1.40. The molecule has 1 fully saturated rings. The second-order valence-corrected chi connectivity index (χ2v) is 8.79. The van der Waals surface area contributed by atoms with Crippen molar-refractivity contribution in [1.29, 1.82) is 0 Å². The second-order valence-electron chi connectivity index (χ2n) is 8.79. The van der Waals surface area contributed by atoms with Crippen molar-refractivity contribution in [2.45, 2.75) is 32.7 Å². The number of aryl methyl sites for hydroxylation is 1. The van der Waals surface area contributed by atoms with E-state index in [2.05, 4.69) is 21.9 Å². The third-order valence-electron chi connectivity index (χ3n) is 6.60. The maximum Gasteiger partial charge on any atom is 0.351 e. The van der Waals surface area contributed by atoms with Gasteiger partial charge in [-0.3, -0.25) is 9.36 Å². The highest BCUT2D eigenvalue weighted by Crippen LogP contribution is 2.28. The maximum atomic E-state index is 13.4. The molecule has 1 aliphatic rings. The molecule has 0 atom stereocenters. The molecule has 9 heteroatoms. The maximum absolute atomic E-state index is 13.4. The van der Waals surface area contributed by atoms with Gasteiger partial charge in [-0.2, -0.15) is 4.52 Å². The molecule has 35 heavy (non-hydrogen) atoms. The number of nitrogens with zero attached hydrogens (tertiary/aromatic N) is 6. The first-order valence-corrected chi connectivity index (χ1v) is 12.1. The van der Waals surface area contributed by atoms with E-state index < -0.39 is 0 Å². The van der Waals surface area contributed by atoms with Gasteiger partial charge in [0.25, 0.3) is 0 Å². The Bertz CT molecular complexity index is 1420. The lowest BCUT2D eigenvalue weighted by molar-refractivity contribution is -0.132. The Morgan fingerprint density at radius 2 is 1.77 bits per heavy atom. The summed E-state index contributed by atoms with van der Waals surface area (Å²) in [5.41, 5.74) is 1.93. The van der Waals surface area contributed by atoms with Crippen molar-refractivity contribution >= 4 is 28.1 Å². The number of rotatable bonds is 7. The average Bonchev–Trinajstić information content (AvgIpc) is 3.34. The van der Waals surface area contributed by atoms with Crippen molar-refractivity contribution in [3.05, 3.63) is 64.8 Å². The van der Waals surface area contributed by atoms with Crippen LogP contribution in [0.3, 0.4) is 0 Å². The van der Waals surface area contributed by atoms with Crippen LogP contribution in [0.25, 0.3) is 16.6 Å². The second kappa shape index (κ2) is 9.77. The Balaban J connectivity index is 1.39. The van der Waals surface area contributed by atoms with E-state index in [0.717, 1.165) is 36.1 Å². The molecular formula is C26H30N6O3. The Morgan fingerprint density at radius 1 is 1.03 bits per heavy atom. The molecule has 2 aromatic carbocycles. The summed E-state index contributed by atoms with van der Waals surface area (Å²) in [4.78, 5) is 35.4. The monoisotopic (exact) mass is 474 g/mol. The molecule has 0 bridgehead atoms. The van der Waals surface area contributed by atoms with E-state index in [-0.39, 0.29) is 18.1 Å². The van der Waals surface area contributed by atoms with Gasteiger partial charge in [0.1, 0.15) is 12.3 Å². The molecule has 182 valence electrons. The lowest BCUT2D eigenvalue weighted by atomic mass is 10.2. The van der Waals surface area contributed by atoms with E-state index in [1.165, 1.54) is 9.08 Å². The zero-order valence-electron chi connectivity index (χ0n) is 20.2. The normalized spacial score (nSPS) is 14.1. The smallest absolute Gasteiger partial charge is 0.351 e. The molecular weight excluding hydrogens is 444 g/mol. The van der Waals surface area contributed by atoms with Gasteiger partial charge in [0, 0.05) is 38.0 Å². The number of anilines is 1. The zero-order chi connectivity index (χ0) is 24.4. The number of benzene rings is 2. The van der Waals surface area contributed by atoms with Crippen molar-refractivity contribution in [2.24, 2.45) is 0 Å². The van der Waals surface area contributed by atoms with Gasteiger partial charge in [-0.1, -0.05) is 37.6 Å². The standard InChI is InChI=1S/C26H30N6O3/c1-3-4-13-23-27-25-19-9-5-6-10-20(19)31(26(34)32(25)28-23)18-24(33)30-16-14-29(15-17-30)21-11-7-8-12-22(21)35-2/h5-12H,3-4,13-18H2,1-2H3. The van der Waals surface area contributed by atoms with Gasteiger partial charge in [0.2, 0.25) is 5.91 Å². The minimum atomic E-state index is -0.338. The van der Waals surface area contributed by atoms with Crippen molar-refractivity contribution in [2.75, 3.05) is 38.2 Å². The molecule has 1 amide bonds. The molecule has 0 spiro atoms. The minimum absolute atomic E-state index is 0.0336. The summed E-state index contributed by atoms with van der Waals surface area (Å²) in [6, 6.07) is 15.5. The van der Waals surface area contributed by atoms with Gasteiger partial charge in [-0.15, -0.1) is 5.10 Å². The highest BCUT2D eigenvalue weighted by molar-refractivity contribution is 5.92. The fourth-order valence-electron chi connectivity index (χ4n) is 4.69. The Labute approximate surface area is 203 Å². The number of para-hydroxylation sites is 3. The number of piperazine rings is 1. The summed E-state index contributed by atoms with van der Waals surface area (Å²) >= 11 is 0. The number of carbonyl (C=O) groups excluding carboxylic acids is 1. The largest absolute Gasteiger partial charge is 0.495 e. The summed E-state index contributed by atoms with van der Waals surface area (Å²) in [6.07, 6.45) is 2.71. The lowest BCUT2D eigenvalue weighted by Crippen LogP contribution is -2.50. The molecule has 3 heterocycles. The minimum Gasteiger partial charge on any atom is -0.495 e. The highest BCUT2D eigenvalue weighted by atomic mass is 16.5. The van der Waals surface area contributed by atoms with Crippen molar-refractivity contribution in [3.63, 3.8) is 0 Å². The first kappa shape index (κ1) is 22.9. The van der Waals surface area contributed by atoms with Crippen LogP contribution in [0, 0.1) is 0 Å². The molecule has 5 rings (SSSR count). The van der Waals surface area contributed by atoms with Gasteiger partial charge >= 0.3 is 5.69 Å². The fourth-order valence-corrected chi connectivity index (χ4v) is 4.69.